The summed E-state index contributed by atoms with van der Waals surface area (Å²) in [6.45, 7) is 0.177. The van der Waals surface area contributed by atoms with Crippen LogP contribution in [0, 0.1) is 0 Å². The van der Waals surface area contributed by atoms with E-state index in [1.807, 2.05) is 30.3 Å². The Morgan fingerprint density at radius 2 is 1.64 bits per heavy atom. The molecule has 0 heterocycles. The molecule has 22 heavy (non-hydrogen) atoms. The van der Waals surface area contributed by atoms with Crippen molar-refractivity contribution >= 4 is 12.0 Å². The van der Waals surface area contributed by atoms with E-state index in [1.54, 1.807) is 6.08 Å². The first kappa shape index (κ1) is 15.8. The third-order valence-electron chi connectivity index (χ3n) is 2.97. The van der Waals surface area contributed by atoms with Gasteiger partial charge in [0.15, 0.2) is 0 Å². The van der Waals surface area contributed by atoms with Gasteiger partial charge in [-0.1, -0.05) is 42.5 Å². The molecule has 2 rings (SSSR count). The molecule has 0 bridgehead atoms. The summed E-state index contributed by atoms with van der Waals surface area (Å²) in [7, 11) is 0. The normalized spacial score (nSPS) is 11.6. The highest BCUT2D eigenvalue weighted by atomic mass is 19.4. The molecule has 0 fully saturated rings. The number of hydrogen-bond donors (Lipinski definition) is 1. The fourth-order valence-electron chi connectivity index (χ4n) is 1.80. The Hall–Kier alpha value is -2.56. The third kappa shape index (κ3) is 4.77. The Balaban J connectivity index is 1.87. The summed E-state index contributed by atoms with van der Waals surface area (Å²) in [4.78, 5) is 11.6. The molecule has 0 atom stereocenters. The highest BCUT2D eigenvalue weighted by Gasteiger charge is 2.29. The summed E-state index contributed by atoms with van der Waals surface area (Å²) in [6, 6.07) is 14.0. The molecule has 0 radical (unpaired) electrons. The lowest BCUT2D eigenvalue weighted by molar-refractivity contribution is -0.137. The van der Waals surface area contributed by atoms with E-state index in [1.165, 1.54) is 18.2 Å². The zero-order valence-electron chi connectivity index (χ0n) is 11.6. The first-order valence-corrected chi connectivity index (χ1v) is 6.62. The number of carbonyl (C=O) groups is 1. The van der Waals surface area contributed by atoms with Crippen LogP contribution < -0.4 is 5.32 Å². The van der Waals surface area contributed by atoms with E-state index in [-0.39, 0.29) is 12.5 Å². The van der Waals surface area contributed by atoms with Crippen LogP contribution in [0.15, 0.2) is 60.7 Å². The van der Waals surface area contributed by atoms with E-state index in [0.29, 0.717) is 5.56 Å². The van der Waals surface area contributed by atoms with Crippen molar-refractivity contribution in [1.29, 1.82) is 0 Å². The van der Waals surface area contributed by atoms with Crippen LogP contribution in [0.25, 0.3) is 6.08 Å². The summed E-state index contributed by atoms with van der Waals surface area (Å²) in [5.41, 5.74) is 0.799. The highest BCUT2D eigenvalue weighted by molar-refractivity contribution is 5.91. The van der Waals surface area contributed by atoms with Crippen LogP contribution in [-0.4, -0.2) is 5.91 Å². The minimum absolute atomic E-state index is 0.177. The van der Waals surface area contributed by atoms with Crippen molar-refractivity contribution in [3.05, 3.63) is 77.4 Å². The van der Waals surface area contributed by atoms with Gasteiger partial charge in [0.1, 0.15) is 0 Å². The van der Waals surface area contributed by atoms with Crippen molar-refractivity contribution in [3.8, 4) is 0 Å². The molecule has 0 aromatic heterocycles. The van der Waals surface area contributed by atoms with Gasteiger partial charge in [0.05, 0.1) is 5.56 Å². The van der Waals surface area contributed by atoms with Gasteiger partial charge in [-0.3, -0.25) is 4.79 Å². The second-order valence-electron chi connectivity index (χ2n) is 4.66. The monoisotopic (exact) mass is 305 g/mol. The molecule has 0 aliphatic carbocycles. The van der Waals surface area contributed by atoms with E-state index >= 15 is 0 Å². The number of halogens is 3. The van der Waals surface area contributed by atoms with Crippen LogP contribution in [-0.2, 0) is 17.5 Å². The number of alkyl halides is 3. The van der Waals surface area contributed by atoms with Crippen LogP contribution >= 0.6 is 0 Å². The summed E-state index contributed by atoms with van der Waals surface area (Å²) in [5.74, 6) is -0.302. The number of rotatable bonds is 4. The van der Waals surface area contributed by atoms with Gasteiger partial charge in [0.25, 0.3) is 0 Å². The number of amides is 1. The average molecular weight is 305 g/mol. The molecule has 0 saturated carbocycles. The van der Waals surface area contributed by atoms with Gasteiger partial charge in [0.2, 0.25) is 5.91 Å². The van der Waals surface area contributed by atoms with E-state index in [4.69, 9.17) is 0 Å². The molecule has 1 N–H and O–H groups in total. The summed E-state index contributed by atoms with van der Waals surface area (Å²) in [6.07, 6.45) is -1.29. The Labute approximate surface area is 126 Å². The lowest BCUT2D eigenvalue weighted by Gasteiger charge is -2.07. The SMILES string of the molecule is O=C(/C=C/c1ccccc1)NCc1ccc(C(F)(F)F)cc1. The molecular formula is C17H14F3NO. The number of hydrogen-bond acceptors (Lipinski definition) is 1. The Morgan fingerprint density at radius 1 is 1.00 bits per heavy atom. The van der Waals surface area contributed by atoms with E-state index in [2.05, 4.69) is 5.32 Å². The Bertz CT molecular complexity index is 646. The van der Waals surface area contributed by atoms with Gasteiger partial charge in [0, 0.05) is 12.6 Å². The molecule has 0 aliphatic rings. The first-order valence-electron chi connectivity index (χ1n) is 6.62. The zero-order valence-corrected chi connectivity index (χ0v) is 11.6. The zero-order chi connectivity index (χ0) is 16.0. The van der Waals surface area contributed by atoms with Crippen LogP contribution in [0.5, 0.6) is 0 Å². The Kier molecular flexibility index (Phi) is 4.99. The van der Waals surface area contributed by atoms with Crippen molar-refractivity contribution < 1.29 is 18.0 Å². The van der Waals surface area contributed by atoms with Crippen molar-refractivity contribution in [2.45, 2.75) is 12.7 Å². The molecule has 2 aromatic rings. The van der Waals surface area contributed by atoms with Gasteiger partial charge in [-0.2, -0.15) is 13.2 Å². The molecule has 0 aliphatic heterocycles. The minimum atomic E-state index is -4.35. The van der Waals surface area contributed by atoms with Gasteiger partial charge in [-0.15, -0.1) is 0 Å². The smallest absolute Gasteiger partial charge is 0.348 e. The fourth-order valence-corrected chi connectivity index (χ4v) is 1.80. The van der Waals surface area contributed by atoms with Crippen LogP contribution in [0.4, 0.5) is 13.2 Å². The molecular weight excluding hydrogens is 291 g/mol. The maximum atomic E-state index is 12.4. The van der Waals surface area contributed by atoms with Crippen LogP contribution in [0.2, 0.25) is 0 Å². The van der Waals surface area contributed by atoms with Gasteiger partial charge >= 0.3 is 6.18 Å². The molecule has 1 amide bonds. The number of benzene rings is 2. The van der Waals surface area contributed by atoms with Crippen molar-refractivity contribution in [3.63, 3.8) is 0 Å². The lowest BCUT2D eigenvalue weighted by atomic mass is 10.1. The van der Waals surface area contributed by atoms with Crippen molar-refractivity contribution in [1.82, 2.24) is 5.32 Å². The van der Waals surface area contributed by atoms with Gasteiger partial charge < -0.3 is 5.32 Å². The highest BCUT2D eigenvalue weighted by Crippen LogP contribution is 2.28. The molecule has 2 aromatic carbocycles. The van der Waals surface area contributed by atoms with Gasteiger partial charge in [-0.25, -0.2) is 0 Å². The largest absolute Gasteiger partial charge is 0.416 e. The quantitative estimate of drug-likeness (QED) is 0.849. The average Bonchev–Trinajstić information content (AvgIpc) is 2.51. The van der Waals surface area contributed by atoms with Crippen molar-refractivity contribution in [2.75, 3.05) is 0 Å². The maximum absolute atomic E-state index is 12.4. The molecule has 0 spiro atoms. The van der Waals surface area contributed by atoms with E-state index in [0.717, 1.165) is 17.7 Å². The predicted molar refractivity (Wildman–Crippen MR) is 78.8 cm³/mol. The van der Waals surface area contributed by atoms with Crippen molar-refractivity contribution in [2.24, 2.45) is 0 Å². The summed E-state index contributed by atoms with van der Waals surface area (Å²) < 4.78 is 37.2. The topological polar surface area (TPSA) is 29.1 Å². The molecule has 0 saturated heterocycles. The molecule has 2 nitrogen and oxygen atoms in total. The second-order valence-corrected chi connectivity index (χ2v) is 4.66. The predicted octanol–water partition coefficient (Wildman–Crippen LogP) is 4.04. The number of carbonyl (C=O) groups excluding carboxylic acids is 1. The van der Waals surface area contributed by atoms with Gasteiger partial charge in [-0.05, 0) is 29.3 Å². The lowest BCUT2D eigenvalue weighted by Crippen LogP contribution is -2.20. The third-order valence-corrected chi connectivity index (χ3v) is 2.97. The van der Waals surface area contributed by atoms with E-state index < -0.39 is 11.7 Å². The molecule has 5 heteroatoms. The standard InChI is InChI=1S/C17H14F3NO/c18-17(19,20)15-9-6-14(7-10-15)12-21-16(22)11-8-13-4-2-1-3-5-13/h1-11H,12H2,(H,21,22)/b11-8+. The summed E-state index contributed by atoms with van der Waals surface area (Å²) >= 11 is 0. The summed E-state index contributed by atoms with van der Waals surface area (Å²) in [5, 5.41) is 2.62. The van der Waals surface area contributed by atoms with Crippen LogP contribution in [0.3, 0.4) is 0 Å². The molecule has 0 unspecified atom stereocenters. The fraction of sp³-hybridized carbons (Fsp3) is 0.118. The second kappa shape index (κ2) is 6.93. The van der Waals surface area contributed by atoms with E-state index in [9.17, 15) is 18.0 Å². The Morgan fingerprint density at radius 3 is 2.23 bits per heavy atom. The van der Waals surface area contributed by atoms with Crippen LogP contribution in [0.1, 0.15) is 16.7 Å². The first-order chi connectivity index (χ1) is 10.4. The minimum Gasteiger partial charge on any atom is -0.348 e. The molecule has 114 valence electrons. The maximum Gasteiger partial charge on any atom is 0.416 e. The number of nitrogens with one attached hydrogen (secondary N) is 1.